The summed E-state index contributed by atoms with van der Waals surface area (Å²) in [5.41, 5.74) is 2.31. The maximum Gasteiger partial charge on any atom is 0.236 e. The molecule has 2 saturated heterocycles. The number of carbonyl (C=O) groups excluding carboxylic acids is 1. The predicted octanol–water partition coefficient (Wildman–Crippen LogP) is 1.55. The van der Waals surface area contributed by atoms with Crippen LogP contribution in [-0.2, 0) is 20.8 Å². The Hall–Kier alpha value is -1.63. The van der Waals surface area contributed by atoms with Gasteiger partial charge in [0, 0.05) is 59.3 Å². The highest BCUT2D eigenvalue weighted by Gasteiger charge is 2.40. The van der Waals surface area contributed by atoms with Gasteiger partial charge in [-0.1, -0.05) is 12.1 Å². The number of hydrogen-bond acceptors (Lipinski definition) is 5. The number of amides is 1. The maximum atomic E-state index is 12.5. The summed E-state index contributed by atoms with van der Waals surface area (Å²) in [7, 11) is 5.92. The van der Waals surface area contributed by atoms with Crippen LogP contribution in [0.5, 0.6) is 0 Å². The van der Waals surface area contributed by atoms with Crippen molar-refractivity contribution >= 4 is 11.6 Å². The molecule has 0 saturated carbocycles. The summed E-state index contributed by atoms with van der Waals surface area (Å²) >= 11 is 0. The van der Waals surface area contributed by atoms with Crippen LogP contribution in [0.4, 0.5) is 5.69 Å². The van der Waals surface area contributed by atoms with Gasteiger partial charge in [-0.05, 0) is 17.7 Å². The molecule has 1 aromatic rings. The number of rotatable bonds is 5. The van der Waals surface area contributed by atoms with Gasteiger partial charge in [0.2, 0.25) is 5.91 Å². The summed E-state index contributed by atoms with van der Waals surface area (Å²) in [5, 5.41) is 0. The second-order valence-electron chi connectivity index (χ2n) is 7.19. The fourth-order valence-electron chi connectivity index (χ4n) is 3.41. The molecule has 1 spiro atoms. The van der Waals surface area contributed by atoms with Crippen LogP contribution in [0.2, 0.25) is 0 Å². The Morgan fingerprint density at radius 1 is 1.08 bits per heavy atom. The van der Waals surface area contributed by atoms with Gasteiger partial charge in [0.15, 0.2) is 5.79 Å². The van der Waals surface area contributed by atoms with Crippen molar-refractivity contribution < 1.29 is 14.3 Å². The monoisotopic (exact) mass is 347 g/mol. The largest absolute Gasteiger partial charge is 0.378 e. The van der Waals surface area contributed by atoms with E-state index in [9.17, 15) is 4.79 Å². The van der Waals surface area contributed by atoms with Crippen molar-refractivity contribution in [2.75, 3.05) is 58.9 Å². The molecule has 2 aliphatic heterocycles. The molecule has 0 radical (unpaired) electrons. The van der Waals surface area contributed by atoms with Gasteiger partial charge < -0.3 is 19.3 Å². The maximum absolute atomic E-state index is 12.5. The lowest BCUT2D eigenvalue weighted by molar-refractivity contribution is -0.186. The van der Waals surface area contributed by atoms with Crippen molar-refractivity contribution in [3.63, 3.8) is 0 Å². The predicted molar refractivity (Wildman–Crippen MR) is 97.6 cm³/mol. The Morgan fingerprint density at radius 2 is 1.68 bits per heavy atom. The van der Waals surface area contributed by atoms with Crippen molar-refractivity contribution in [2.45, 2.75) is 25.2 Å². The molecule has 2 aliphatic rings. The molecule has 0 aliphatic carbocycles. The molecule has 0 N–H and O–H groups in total. The number of nitrogens with zero attached hydrogens (tertiary/aromatic N) is 3. The zero-order valence-electron chi connectivity index (χ0n) is 15.5. The second-order valence-corrected chi connectivity index (χ2v) is 7.19. The number of hydrogen-bond donors (Lipinski definition) is 0. The van der Waals surface area contributed by atoms with E-state index < -0.39 is 0 Å². The number of piperidine rings is 1. The zero-order valence-corrected chi connectivity index (χ0v) is 15.5. The van der Waals surface area contributed by atoms with E-state index in [1.54, 1.807) is 4.90 Å². The van der Waals surface area contributed by atoms with Crippen molar-refractivity contribution in [3.05, 3.63) is 29.8 Å². The first-order valence-electron chi connectivity index (χ1n) is 8.98. The Kier molecular flexibility index (Phi) is 5.61. The lowest BCUT2D eigenvalue weighted by Gasteiger charge is -2.37. The van der Waals surface area contributed by atoms with Crippen LogP contribution in [0.3, 0.4) is 0 Å². The van der Waals surface area contributed by atoms with Crippen molar-refractivity contribution in [1.82, 2.24) is 9.80 Å². The average molecular weight is 347 g/mol. The third kappa shape index (κ3) is 4.51. The van der Waals surface area contributed by atoms with Crippen LogP contribution in [-0.4, -0.2) is 75.5 Å². The SMILES string of the molecule is CN(Cc1ccc(N(C)C)cc1)C(=O)CN1CCC2(CC1)OCCO2. The smallest absolute Gasteiger partial charge is 0.236 e. The van der Waals surface area contributed by atoms with Gasteiger partial charge in [0.05, 0.1) is 19.8 Å². The first-order chi connectivity index (χ1) is 12.0. The van der Waals surface area contributed by atoms with Crippen LogP contribution >= 0.6 is 0 Å². The standard InChI is InChI=1S/C19H29N3O3/c1-20(2)17-6-4-16(5-7-17)14-21(3)18(23)15-22-10-8-19(9-11-22)24-12-13-25-19/h4-7H,8-15H2,1-3H3. The minimum absolute atomic E-state index is 0.154. The molecule has 25 heavy (non-hydrogen) atoms. The third-order valence-electron chi connectivity index (χ3n) is 5.09. The highest BCUT2D eigenvalue weighted by Crippen LogP contribution is 2.31. The van der Waals surface area contributed by atoms with Crippen molar-refractivity contribution in [3.8, 4) is 0 Å². The zero-order chi connectivity index (χ0) is 17.9. The topological polar surface area (TPSA) is 45.2 Å². The lowest BCUT2D eigenvalue weighted by Crippen LogP contribution is -2.48. The summed E-state index contributed by atoms with van der Waals surface area (Å²) < 4.78 is 11.5. The first-order valence-corrected chi connectivity index (χ1v) is 8.98. The number of ether oxygens (including phenoxy) is 2. The summed E-state index contributed by atoms with van der Waals surface area (Å²) in [6.45, 7) is 4.16. The van der Waals surface area contributed by atoms with E-state index in [4.69, 9.17) is 9.47 Å². The Labute approximate surface area is 150 Å². The molecule has 138 valence electrons. The summed E-state index contributed by atoms with van der Waals surface area (Å²) in [5.74, 6) is -0.222. The lowest BCUT2D eigenvalue weighted by atomic mass is 10.0. The van der Waals surface area contributed by atoms with Crippen LogP contribution in [0.25, 0.3) is 0 Å². The molecule has 0 bridgehead atoms. The molecule has 0 unspecified atom stereocenters. The third-order valence-corrected chi connectivity index (χ3v) is 5.09. The molecule has 6 heteroatoms. The van der Waals surface area contributed by atoms with Gasteiger partial charge in [-0.3, -0.25) is 9.69 Å². The Balaban J connectivity index is 1.46. The van der Waals surface area contributed by atoms with Crippen molar-refractivity contribution in [2.24, 2.45) is 0 Å². The Morgan fingerprint density at radius 3 is 2.24 bits per heavy atom. The van der Waals surface area contributed by atoms with Gasteiger partial charge in [0.1, 0.15) is 0 Å². The number of benzene rings is 1. The molecule has 3 rings (SSSR count). The van der Waals surface area contributed by atoms with E-state index in [2.05, 4.69) is 34.1 Å². The molecular weight excluding hydrogens is 318 g/mol. The molecule has 0 atom stereocenters. The Bertz CT molecular complexity index is 572. The van der Waals surface area contributed by atoms with E-state index in [0.29, 0.717) is 26.3 Å². The molecule has 2 fully saturated rings. The van der Waals surface area contributed by atoms with Crippen LogP contribution in [0.15, 0.2) is 24.3 Å². The quantitative estimate of drug-likeness (QED) is 0.809. The molecule has 1 amide bonds. The van der Waals surface area contributed by atoms with Crippen LogP contribution in [0.1, 0.15) is 18.4 Å². The first kappa shape index (κ1) is 18.2. The van der Waals surface area contributed by atoms with Crippen LogP contribution < -0.4 is 4.90 Å². The summed E-state index contributed by atoms with van der Waals surface area (Å²) in [4.78, 5) is 18.6. The minimum Gasteiger partial charge on any atom is -0.378 e. The fraction of sp³-hybridized carbons (Fsp3) is 0.632. The summed E-state index contributed by atoms with van der Waals surface area (Å²) in [6, 6.07) is 8.33. The molecule has 1 aromatic carbocycles. The van der Waals surface area contributed by atoms with Gasteiger partial charge in [-0.2, -0.15) is 0 Å². The number of likely N-dealkylation sites (N-methyl/N-ethyl adjacent to an activating group) is 1. The normalized spacial score (nSPS) is 20.0. The van der Waals surface area contributed by atoms with E-state index in [1.807, 2.05) is 21.1 Å². The number of anilines is 1. The number of likely N-dealkylation sites (tertiary alicyclic amines) is 1. The van der Waals surface area contributed by atoms with E-state index >= 15 is 0 Å². The number of carbonyl (C=O) groups is 1. The highest BCUT2D eigenvalue weighted by molar-refractivity contribution is 5.78. The molecule has 6 nitrogen and oxygen atoms in total. The highest BCUT2D eigenvalue weighted by atomic mass is 16.7. The molecule has 2 heterocycles. The average Bonchev–Trinajstić information content (AvgIpc) is 3.06. The molecule has 0 aromatic heterocycles. The second kappa shape index (κ2) is 7.72. The minimum atomic E-state index is -0.375. The van der Waals surface area contributed by atoms with E-state index in [1.165, 1.54) is 0 Å². The molecular formula is C19H29N3O3. The van der Waals surface area contributed by atoms with Gasteiger partial charge in [0.25, 0.3) is 0 Å². The van der Waals surface area contributed by atoms with Gasteiger partial charge in [-0.25, -0.2) is 0 Å². The summed E-state index contributed by atoms with van der Waals surface area (Å²) in [6.07, 6.45) is 1.69. The fourth-order valence-corrected chi connectivity index (χ4v) is 3.41. The van der Waals surface area contributed by atoms with Gasteiger partial charge >= 0.3 is 0 Å². The van der Waals surface area contributed by atoms with Crippen molar-refractivity contribution in [1.29, 1.82) is 0 Å². The van der Waals surface area contributed by atoms with E-state index in [-0.39, 0.29) is 11.7 Å². The van der Waals surface area contributed by atoms with E-state index in [0.717, 1.165) is 37.2 Å². The van der Waals surface area contributed by atoms with Crippen LogP contribution in [0, 0.1) is 0 Å². The van der Waals surface area contributed by atoms with Gasteiger partial charge in [-0.15, -0.1) is 0 Å².